The molecule has 0 bridgehead atoms. The molecule has 22 heavy (non-hydrogen) atoms. The number of allylic oxidation sites excluding steroid dienone is 2. The van der Waals surface area contributed by atoms with Gasteiger partial charge in [-0.1, -0.05) is 24.6 Å². The summed E-state index contributed by atoms with van der Waals surface area (Å²) in [5.74, 6) is 2.89. The Morgan fingerprint density at radius 2 is 2.14 bits per heavy atom. The number of benzene rings is 1. The van der Waals surface area contributed by atoms with Gasteiger partial charge in [0.25, 0.3) is 0 Å². The van der Waals surface area contributed by atoms with Gasteiger partial charge < -0.3 is 10.1 Å². The van der Waals surface area contributed by atoms with Crippen molar-refractivity contribution in [2.45, 2.75) is 37.6 Å². The Hall–Kier alpha value is -1.19. The van der Waals surface area contributed by atoms with Crippen molar-refractivity contribution in [2.75, 3.05) is 19.4 Å². The highest BCUT2D eigenvalue weighted by Crippen LogP contribution is 2.37. The van der Waals surface area contributed by atoms with Crippen LogP contribution in [0.3, 0.4) is 0 Å². The van der Waals surface area contributed by atoms with Crippen molar-refractivity contribution in [2.24, 2.45) is 5.92 Å². The number of hydrogen-bond donors (Lipinski definition) is 1. The van der Waals surface area contributed by atoms with Crippen molar-refractivity contribution in [1.82, 2.24) is 5.32 Å². The van der Waals surface area contributed by atoms with Gasteiger partial charge >= 0.3 is 0 Å². The van der Waals surface area contributed by atoms with E-state index in [1.54, 1.807) is 0 Å². The van der Waals surface area contributed by atoms with Crippen LogP contribution in [0.25, 0.3) is 5.57 Å². The Balaban J connectivity index is 1.89. The molecule has 1 saturated carbocycles. The molecule has 0 aliphatic heterocycles. The molecule has 3 rings (SSSR count). The van der Waals surface area contributed by atoms with E-state index in [0.29, 0.717) is 6.04 Å². The molecule has 0 aromatic heterocycles. The van der Waals surface area contributed by atoms with Gasteiger partial charge in [0.1, 0.15) is 5.75 Å². The summed E-state index contributed by atoms with van der Waals surface area (Å²) in [6, 6.07) is 6.95. The molecule has 1 atom stereocenters. The Morgan fingerprint density at radius 3 is 2.77 bits per heavy atom. The van der Waals surface area contributed by atoms with Crippen molar-refractivity contribution in [1.29, 1.82) is 0 Å². The Morgan fingerprint density at radius 1 is 1.32 bits per heavy atom. The lowest BCUT2D eigenvalue weighted by molar-refractivity contribution is 0.299. The fraction of sp³-hybridized carbons (Fsp3) is 0.474. The molecule has 1 aromatic rings. The monoisotopic (exact) mass is 315 g/mol. The van der Waals surface area contributed by atoms with Crippen LogP contribution in [-0.2, 0) is 0 Å². The summed E-state index contributed by atoms with van der Waals surface area (Å²) in [4.78, 5) is 1.32. The third-order valence-electron chi connectivity index (χ3n) is 4.28. The molecule has 2 nitrogen and oxygen atoms in total. The van der Waals surface area contributed by atoms with E-state index in [1.807, 2.05) is 18.8 Å². The second-order valence-corrected chi connectivity index (χ2v) is 7.46. The van der Waals surface area contributed by atoms with Crippen LogP contribution in [0.15, 0.2) is 40.8 Å². The van der Waals surface area contributed by atoms with E-state index in [-0.39, 0.29) is 0 Å². The molecular weight excluding hydrogens is 290 g/mol. The van der Waals surface area contributed by atoms with Gasteiger partial charge in [0, 0.05) is 16.5 Å². The van der Waals surface area contributed by atoms with Gasteiger partial charge in [-0.15, -0.1) is 11.8 Å². The molecule has 0 heterocycles. The van der Waals surface area contributed by atoms with Gasteiger partial charge in [0.2, 0.25) is 0 Å². The SMILES string of the molecule is CCSc1ccc(OCC2CC2)c(C2=CC(NC)C(C)=C2)c1. The first-order valence-electron chi connectivity index (χ1n) is 8.18. The van der Waals surface area contributed by atoms with E-state index >= 15 is 0 Å². The van der Waals surface area contributed by atoms with E-state index in [9.17, 15) is 0 Å². The predicted octanol–water partition coefficient (Wildman–Crippen LogP) is 4.52. The van der Waals surface area contributed by atoms with E-state index < -0.39 is 0 Å². The number of hydrogen-bond acceptors (Lipinski definition) is 3. The maximum absolute atomic E-state index is 6.11. The first-order valence-corrected chi connectivity index (χ1v) is 9.17. The summed E-state index contributed by atoms with van der Waals surface area (Å²) in [5, 5.41) is 3.34. The van der Waals surface area contributed by atoms with Gasteiger partial charge in [0.15, 0.2) is 0 Å². The van der Waals surface area contributed by atoms with E-state index in [1.165, 1.54) is 34.4 Å². The summed E-state index contributed by atoms with van der Waals surface area (Å²) in [7, 11) is 2.01. The Kier molecular flexibility index (Phi) is 4.94. The average molecular weight is 315 g/mol. The van der Waals surface area contributed by atoms with Crippen molar-refractivity contribution in [3.05, 3.63) is 41.5 Å². The molecule has 1 N–H and O–H groups in total. The molecule has 0 spiro atoms. The smallest absolute Gasteiger partial charge is 0.127 e. The molecular formula is C19H25NOS. The number of likely N-dealkylation sites (N-methyl/N-ethyl adjacent to an activating group) is 1. The third-order valence-corrected chi connectivity index (χ3v) is 5.15. The van der Waals surface area contributed by atoms with Crippen LogP contribution in [0.4, 0.5) is 0 Å². The van der Waals surface area contributed by atoms with Crippen LogP contribution < -0.4 is 10.1 Å². The minimum atomic E-state index is 0.341. The summed E-state index contributed by atoms with van der Waals surface area (Å²) >= 11 is 1.88. The first-order chi connectivity index (χ1) is 10.7. The van der Waals surface area contributed by atoms with Crippen molar-refractivity contribution < 1.29 is 4.74 Å². The van der Waals surface area contributed by atoms with Crippen LogP contribution in [-0.4, -0.2) is 25.4 Å². The molecule has 0 amide bonds. The second-order valence-electron chi connectivity index (χ2n) is 6.12. The zero-order valence-electron chi connectivity index (χ0n) is 13.7. The standard InChI is InChI=1S/C19H25NOS/c1-4-22-16-7-8-19(21-12-14-5-6-14)17(11-16)15-9-13(2)18(10-15)20-3/h7-11,14,18,20H,4-6,12H2,1-3H3. The van der Waals surface area contributed by atoms with Crippen molar-refractivity contribution in [3.63, 3.8) is 0 Å². The highest BCUT2D eigenvalue weighted by molar-refractivity contribution is 7.99. The minimum absolute atomic E-state index is 0.341. The molecule has 2 aliphatic carbocycles. The Bertz CT molecular complexity index is 601. The van der Waals surface area contributed by atoms with Gasteiger partial charge in [-0.3, -0.25) is 0 Å². The first kappa shape index (κ1) is 15.7. The lowest BCUT2D eigenvalue weighted by atomic mass is 10.1. The largest absolute Gasteiger partial charge is 0.493 e. The normalized spacial score (nSPS) is 20.8. The number of ether oxygens (including phenoxy) is 1. The van der Waals surface area contributed by atoms with Crippen LogP contribution in [0.5, 0.6) is 5.75 Å². The fourth-order valence-electron chi connectivity index (χ4n) is 2.78. The maximum Gasteiger partial charge on any atom is 0.127 e. The zero-order chi connectivity index (χ0) is 15.5. The molecule has 3 heteroatoms. The number of nitrogens with one attached hydrogen (secondary N) is 1. The topological polar surface area (TPSA) is 21.3 Å². The molecule has 2 aliphatic rings. The van der Waals surface area contributed by atoms with E-state index in [4.69, 9.17) is 4.74 Å². The van der Waals surface area contributed by atoms with Crippen LogP contribution in [0, 0.1) is 5.92 Å². The predicted molar refractivity (Wildman–Crippen MR) is 95.6 cm³/mol. The van der Waals surface area contributed by atoms with Crippen LogP contribution in [0.1, 0.15) is 32.3 Å². The van der Waals surface area contributed by atoms with Gasteiger partial charge in [-0.05, 0) is 62.3 Å². The summed E-state index contributed by atoms with van der Waals surface area (Å²) in [6.45, 7) is 5.23. The summed E-state index contributed by atoms with van der Waals surface area (Å²) in [5.41, 5.74) is 3.87. The number of thioether (sulfide) groups is 1. The minimum Gasteiger partial charge on any atom is -0.493 e. The molecule has 0 saturated heterocycles. The van der Waals surface area contributed by atoms with Crippen LogP contribution in [0.2, 0.25) is 0 Å². The maximum atomic E-state index is 6.11. The summed E-state index contributed by atoms with van der Waals surface area (Å²) < 4.78 is 6.11. The molecule has 1 unspecified atom stereocenters. The highest BCUT2D eigenvalue weighted by Gasteiger charge is 2.23. The highest BCUT2D eigenvalue weighted by atomic mass is 32.2. The lowest BCUT2D eigenvalue weighted by Crippen LogP contribution is -2.21. The molecule has 118 valence electrons. The second kappa shape index (κ2) is 6.93. The fourth-order valence-corrected chi connectivity index (χ4v) is 3.48. The number of rotatable bonds is 7. The van der Waals surface area contributed by atoms with Gasteiger partial charge in [0.05, 0.1) is 6.61 Å². The molecule has 1 aromatic carbocycles. The van der Waals surface area contributed by atoms with E-state index in [0.717, 1.165) is 24.0 Å². The van der Waals surface area contributed by atoms with Crippen molar-refractivity contribution in [3.8, 4) is 5.75 Å². The Labute approximate surface area is 138 Å². The zero-order valence-corrected chi connectivity index (χ0v) is 14.5. The lowest BCUT2D eigenvalue weighted by Gasteiger charge is -2.13. The summed E-state index contributed by atoms with van der Waals surface area (Å²) in [6.07, 6.45) is 7.22. The molecule has 1 fully saturated rings. The van der Waals surface area contributed by atoms with Gasteiger partial charge in [-0.2, -0.15) is 0 Å². The van der Waals surface area contributed by atoms with Gasteiger partial charge in [-0.25, -0.2) is 0 Å². The third kappa shape index (κ3) is 3.58. The molecule has 0 radical (unpaired) electrons. The average Bonchev–Trinajstić information content (AvgIpc) is 3.27. The van der Waals surface area contributed by atoms with Crippen LogP contribution >= 0.6 is 11.8 Å². The van der Waals surface area contributed by atoms with E-state index in [2.05, 4.69) is 49.5 Å². The quantitative estimate of drug-likeness (QED) is 0.748. The van der Waals surface area contributed by atoms with Crippen molar-refractivity contribution >= 4 is 17.3 Å².